The van der Waals surface area contributed by atoms with Crippen LogP contribution in [0.25, 0.3) is 27.8 Å². The molecule has 0 amide bonds. The van der Waals surface area contributed by atoms with Gasteiger partial charge in [0.2, 0.25) is 0 Å². The quantitative estimate of drug-likeness (QED) is 0.450. The second kappa shape index (κ2) is 6.87. The molecule has 0 spiro atoms. The van der Waals surface area contributed by atoms with Crippen LogP contribution in [0, 0.1) is 6.92 Å². The summed E-state index contributed by atoms with van der Waals surface area (Å²) in [7, 11) is 3.24. The molecule has 1 aliphatic heterocycles. The Hall–Kier alpha value is -4.26. The predicted molar refractivity (Wildman–Crippen MR) is 128 cm³/mol. The minimum absolute atomic E-state index is 0.318. The zero-order chi connectivity index (χ0) is 22.9. The molecular weight excluding hydrogens is 416 g/mol. The summed E-state index contributed by atoms with van der Waals surface area (Å²) in [4.78, 5) is 26.6. The molecule has 1 N–H and O–H groups in total. The van der Waals surface area contributed by atoms with Gasteiger partial charge in [-0.1, -0.05) is 42.0 Å². The second-order valence-electron chi connectivity index (χ2n) is 8.47. The van der Waals surface area contributed by atoms with E-state index in [-0.39, 0.29) is 17.3 Å². The Morgan fingerprint density at radius 1 is 0.909 bits per heavy atom. The first kappa shape index (κ1) is 19.4. The normalized spacial score (nSPS) is 14.7. The van der Waals surface area contributed by atoms with Gasteiger partial charge in [-0.05, 0) is 36.8 Å². The number of benzene rings is 2. The minimum atomic E-state index is -0.380. The van der Waals surface area contributed by atoms with Crippen LogP contribution in [-0.2, 0) is 14.1 Å². The van der Waals surface area contributed by atoms with Crippen molar-refractivity contribution in [2.45, 2.75) is 13.0 Å². The maximum atomic E-state index is 13.6. The van der Waals surface area contributed by atoms with Crippen molar-refractivity contribution in [1.82, 2.24) is 13.7 Å². The third-order valence-corrected chi connectivity index (χ3v) is 6.48. The molecule has 2 aromatic carbocycles. The zero-order valence-corrected chi connectivity index (χ0v) is 18.5. The molecule has 6 rings (SSSR count). The summed E-state index contributed by atoms with van der Waals surface area (Å²) in [5.41, 5.74) is 5.34. The summed E-state index contributed by atoms with van der Waals surface area (Å²) in [5, 5.41) is 4.07. The lowest BCUT2D eigenvalue weighted by Gasteiger charge is -2.29. The van der Waals surface area contributed by atoms with Crippen molar-refractivity contribution >= 4 is 16.6 Å². The van der Waals surface area contributed by atoms with Crippen LogP contribution >= 0.6 is 0 Å². The second-order valence-corrected chi connectivity index (χ2v) is 8.47. The van der Waals surface area contributed by atoms with Crippen LogP contribution < -0.4 is 16.6 Å². The number of anilines is 1. The van der Waals surface area contributed by atoms with Gasteiger partial charge in [-0.15, -0.1) is 0 Å². The molecule has 0 saturated heterocycles. The van der Waals surface area contributed by atoms with Crippen LogP contribution in [0.4, 0.5) is 5.69 Å². The van der Waals surface area contributed by atoms with Gasteiger partial charge in [-0.3, -0.25) is 13.9 Å². The van der Waals surface area contributed by atoms with E-state index in [4.69, 9.17) is 4.42 Å². The number of hydrogen-bond acceptors (Lipinski definition) is 4. The number of nitrogens with zero attached hydrogens (tertiary/aromatic N) is 3. The molecule has 0 saturated carbocycles. The molecule has 7 heteroatoms. The molecule has 1 aliphatic rings. The minimum Gasteiger partial charge on any atom is -0.467 e. The first-order valence-corrected chi connectivity index (χ1v) is 10.8. The van der Waals surface area contributed by atoms with E-state index in [2.05, 4.69) is 9.88 Å². The maximum Gasteiger partial charge on any atom is 0.331 e. The van der Waals surface area contributed by atoms with Crippen LogP contribution in [0.15, 0.2) is 80.9 Å². The lowest BCUT2D eigenvalue weighted by atomic mass is 10.1. The third-order valence-electron chi connectivity index (χ3n) is 6.48. The molecule has 0 radical (unpaired) electrons. The monoisotopic (exact) mass is 438 g/mol. The van der Waals surface area contributed by atoms with Gasteiger partial charge < -0.3 is 14.3 Å². The van der Waals surface area contributed by atoms with Crippen molar-refractivity contribution < 1.29 is 4.42 Å². The van der Waals surface area contributed by atoms with Crippen molar-refractivity contribution in [3.8, 4) is 16.9 Å². The van der Waals surface area contributed by atoms with E-state index >= 15 is 0 Å². The Morgan fingerprint density at radius 2 is 1.67 bits per heavy atom. The van der Waals surface area contributed by atoms with Crippen LogP contribution in [0.3, 0.4) is 0 Å². The van der Waals surface area contributed by atoms with Gasteiger partial charge in [0.1, 0.15) is 11.8 Å². The number of fused-ring (bicyclic) bond motifs is 5. The average Bonchev–Trinajstić information content (AvgIpc) is 3.48. The molecule has 3 aromatic heterocycles. The number of hydrogen-bond donors (Lipinski definition) is 1. The van der Waals surface area contributed by atoms with Crippen molar-refractivity contribution in [2.24, 2.45) is 14.1 Å². The van der Waals surface area contributed by atoms with Crippen molar-refractivity contribution in [3.63, 3.8) is 0 Å². The molecule has 0 fully saturated rings. The Kier molecular flexibility index (Phi) is 4.04. The van der Waals surface area contributed by atoms with Crippen molar-refractivity contribution in [1.29, 1.82) is 0 Å². The predicted octanol–water partition coefficient (Wildman–Crippen LogP) is 4.11. The molecule has 0 aliphatic carbocycles. The molecule has 164 valence electrons. The van der Waals surface area contributed by atoms with E-state index in [0.29, 0.717) is 16.7 Å². The van der Waals surface area contributed by atoms with Gasteiger partial charge in [0, 0.05) is 14.1 Å². The maximum absolute atomic E-state index is 13.6. The standard InChI is InChI=1S/C26H22N4O3/c1-15-10-12-16(13-11-15)22-20-23(28(2)26(32)29(3)25(20)31)24-21(19-9-6-14-33-19)27-17-7-4-5-8-18(17)30(22)24/h4-14,21,27H,1-3H3. The van der Waals surface area contributed by atoms with Crippen molar-refractivity contribution in [2.75, 3.05) is 5.32 Å². The van der Waals surface area contributed by atoms with Crippen LogP contribution in [0.2, 0.25) is 0 Å². The highest BCUT2D eigenvalue weighted by atomic mass is 16.3. The fourth-order valence-electron chi connectivity index (χ4n) is 4.87. The third kappa shape index (κ3) is 2.62. The summed E-state index contributed by atoms with van der Waals surface area (Å²) < 4.78 is 10.6. The highest BCUT2D eigenvalue weighted by Gasteiger charge is 2.35. The van der Waals surface area contributed by atoms with Gasteiger partial charge in [0.15, 0.2) is 0 Å². The Morgan fingerprint density at radius 3 is 2.39 bits per heavy atom. The van der Waals surface area contributed by atoms with Gasteiger partial charge in [-0.25, -0.2) is 4.79 Å². The van der Waals surface area contributed by atoms with E-state index in [1.807, 2.05) is 67.6 Å². The summed E-state index contributed by atoms with van der Waals surface area (Å²) in [6.45, 7) is 2.03. The highest BCUT2D eigenvalue weighted by molar-refractivity contribution is 5.99. The van der Waals surface area contributed by atoms with E-state index in [1.165, 1.54) is 11.6 Å². The number of para-hydroxylation sites is 2. The molecule has 4 heterocycles. The first-order chi connectivity index (χ1) is 16.0. The first-order valence-electron chi connectivity index (χ1n) is 10.8. The fraction of sp³-hybridized carbons (Fsp3) is 0.154. The van der Waals surface area contributed by atoms with Gasteiger partial charge in [0.25, 0.3) is 5.56 Å². The number of nitrogens with one attached hydrogen (secondary N) is 1. The molecule has 1 unspecified atom stereocenters. The van der Waals surface area contributed by atoms with E-state index < -0.39 is 0 Å². The number of rotatable bonds is 2. The smallest absolute Gasteiger partial charge is 0.331 e. The highest BCUT2D eigenvalue weighted by Crippen LogP contribution is 2.45. The topological polar surface area (TPSA) is 74.1 Å². The summed E-state index contributed by atoms with van der Waals surface area (Å²) >= 11 is 0. The Labute approximate surface area is 189 Å². The Balaban J connectivity index is 1.88. The van der Waals surface area contributed by atoms with Crippen LogP contribution in [0.5, 0.6) is 0 Å². The summed E-state index contributed by atoms with van der Waals surface area (Å²) in [6.07, 6.45) is 1.63. The zero-order valence-electron chi connectivity index (χ0n) is 18.5. The lowest BCUT2D eigenvalue weighted by Crippen LogP contribution is -2.37. The number of aryl methyl sites for hydroxylation is 2. The van der Waals surface area contributed by atoms with E-state index in [0.717, 1.165) is 33.9 Å². The fourth-order valence-corrected chi connectivity index (χ4v) is 4.87. The number of furan rings is 1. The molecule has 5 aromatic rings. The molecule has 1 atom stereocenters. The Bertz CT molecular complexity index is 1650. The van der Waals surface area contributed by atoms with Crippen LogP contribution in [-0.4, -0.2) is 13.7 Å². The lowest BCUT2D eigenvalue weighted by molar-refractivity contribution is 0.492. The molecule has 7 nitrogen and oxygen atoms in total. The van der Waals surface area contributed by atoms with Crippen molar-refractivity contribution in [3.05, 3.63) is 105 Å². The SMILES string of the molecule is Cc1ccc(-c2c3c(=O)n(C)c(=O)n(C)c3c3n2-c2ccccc2NC3c2ccco2)cc1. The largest absolute Gasteiger partial charge is 0.467 e. The number of aromatic nitrogens is 3. The summed E-state index contributed by atoms with van der Waals surface area (Å²) in [5.74, 6) is 0.703. The van der Waals surface area contributed by atoms with Gasteiger partial charge in [-0.2, -0.15) is 0 Å². The molecule has 0 bridgehead atoms. The summed E-state index contributed by atoms with van der Waals surface area (Å²) in [6, 6.07) is 19.4. The van der Waals surface area contributed by atoms with Crippen LogP contribution in [0.1, 0.15) is 23.1 Å². The van der Waals surface area contributed by atoms with E-state index in [9.17, 15) is 9.59 Å². The average molecular weight is 438 g/mol. The van der Waals surface area contributed by atoms with E-state index in [1.54, 1.807) is 17.9 Å². The van der Waals surface area contributed by atoms with Gasteiger partial charge in [0.05, 0.1) is 39.9 Å². The molecule has 33 heavy (non-hydrogen) atoms. The van der Waals surface area contributed by atoms with Gasteiger partial charge >= 0.3 is 5.69 Å². The molecular formula is C26H22N4O3.